The molecule has 2 N–H and O–H groups in total. The first kappa shape index (κ1) is 15.5. The average molecular weight is 376 g/mol. The maximum atomic E-state index is 8.46. The summed E-state index contributed by atoms with van der Waals surface area (Å²) in [6.07, 6.45) is 2.07. The Morgan fingerprint density at radius 1 is 1.39 bits per heavy atom. The molecule has 98 valence electrons. The van der Waals surface area contributed by atoms with Gasteiger partial charge in [-0.25, -0.2) is 0 Å². The first-order valence-electron chi connectivity index (χ1n) is 5.78. The molecule has 0 amide bonds. The van der Waals surface area contributed by atoms with Crippen molar-refractivity contribution in [1.29, 1.82) is 5.26 Å². The molecule has 1 atom stereocenters. The van der Waals surface area contributed by atoms with Crippen LogP contribution in [0.1, 0.15) is 25.3 Å². The van der Waals surface area contributed by atoms with Gasteiger partial charge in [0, 0.05) is 12.5 Å². The minimum atomic E-state index is 0.131. The number of benzene rings is 1. The van der Waals surface area contributed by atoms with Crippen molar-refractivity contribution in [1.82, 2.24) is 0 Å². The van der Waals surface area contributed by atoms with Crippen molar-refractivity contribution in [2.45, 2.75) is 32.2 Å². The highest BCUT2D eigenvalue weighted by atomic mass is 79.9. The summed E-state index contributed by atoms with van der Waals surface area (Å²) in [5, 5.41) is 8.46. The van der Waals surface area contributed by atoms with Crippen molar-refractivity contribution >= 4 is 31.9 Å². The van der Waals surface area contributed by atoms with E-state index in [0.29, 0.717) is 13.0 Å². The third-order valence-corrected chi connectivity index (χ3v) is 3.47. The van der Waals surface area contributed by atoms with E-state index < -0.39 is 0 Å². The quantitative estimate of drug-likeness (QED) is 0.769. The zero-order chi connectivity index (χ0) is 13.5. The van der Waals surface area contributed by atoms with Gasteiger partial charge in [0.15, 0.2) is 0 Å². The molecule has 0 aliphatic heterocycles. The fourth-order valence-electron chi connectivity index (χ4n) is 1.57. The van der Waals surface area contributed by atoms with Crippen LogP contribution in [0.15, 0.2) is 21.1 Å². The Balaban J connectivity index is 2.72. The molecule has 1 aromatic rings. The van der Waals surface area contributed by atoms with Crippen LogP contribution in [0.5, 0.6) is 5.75 Å². The summed E-state index contributed by atoms with van der Waals surface area (Å²) in [6, 6.07) is 6.27. The molecular formula is C13H16Br2N2O. The Labute approximate surface area is 125 Å². The van der Waals surface area contributed by atoms with Gasteiger partial charge in [-0.05, 0) is 69.3 Å². The van der Waals surface area contributed by atoms with E-state index in [9.17, 15) is 0 Å². The van der Waals surface area contributed by atoms with Gasteiger partial charge >= 0.3 is 0 Å². The van der Waals surface area contributed by atoms with Crippen LogP contribution in [0, 0.1) is 11.3 Å². The zero-order valence-corrected chi connectivity index (χ0v) is 13.4. The van der Waals surface area contributed by atoms with Crippen molar-refractivity contribution in [3.8, 4) is 11.8 Å². The number of halogens is 2. The number of nitriles is 1. The van der Waals surface area contributed by atoms with E-state index in [-0.39, 0.29) is 6.04 Å². The lowest BCUT2D eigenvalue weighted by molar-refractivity contribution is 0.309. The predicted molar refractivity (Wildman–Crippen MR) is 79.5 cm³/mol. The lowest BCUT2D eigenvalue weighted by Gasteiger charge is -2.13. The van der Waals surface area contributed by atoms with Crippen molar-refractivity contribution < 1.29 is 4.74 Å². The maximum Gasteiger partial charge on any atom is 0.147 e. The predicted octanol–water partition coefficient (Wildman–Crippen LogP) is 3.78. The van der Waals surface area contributed by atoms with E-state index in [0.717, 1.165) is 33.1 Å². The number of unbranched alkanes of at least 4 members (excludes halogenated alkanes) is 1. The molecule has 0 aliphatic rings. The largest absolute Gasteiger partial charge is 0.491 e. The third kappa shape index (κ3) is 4.97. The molecule has 3 nitrogen and oxygen atoms in total. The van der Waals surface area contributed by atoms with E-state index in [1.807, 2.05) is 19.1 Å². The molecule has 1 rings (SSSR count). The highest BCUT2D eigenvalue weighted by molar-refractivity contribution is 9.11. The van der Waals surface area contributed by atoms with Gasteiger partial charge in [-0.2, -0.15) is 5.26 Å². The normalized spacial score (nSPS) is 11.9. The molecule has 0 saturated carbocycles. The molecule has 0 spiro atoms. The summed E-state index contributed by atoms with van der Waals surface area (Å²) in [7, 11) is 0. The highest BCUT2D eigenvalue weighted by Gasteiger charge is 2.10. The van der Waals surface area contributed by atoms with Crippen molar-refractivity contribution in [2.24, 2.45) is 5.73 Å². The molecule has 18 heavy (non-hydrogen) atoms. The van der Waals surface area contributed by atoms with E-state index in [4.69, 9.17) is 15.7 Å². The van der Waals surface area contributed by atoms with Crippen molar-refractivity contribution in [3.05, 3.63) is 26.6 Å². The molecule has 0 saturated heterocycles. The topological polar surface area (TPSA) is 59.0 Å². The van der Waals surface area contributed by atoms with Crippen LogP contribution in [-0.4, -0.2) is 12.6 Å². The molecule has 0 bridgehead atoms. The Hall–Kier alpha value is -0.570. The van der Waals surface area contributed by atoms with Gasteiger partial charge in [-0.15, -0.1) is 0 Å². The fraction of sp³-hybridized carbons (Fsp3) is 0.462. The number of hydrogen-bond acceptors (Lipinski definition) is 3. The number of ether oxygens (including phenoxy) is 1. The average Bonchev–Trinajstić information content (AvgIpc) is 2.26. The zero-order valence-electron chi connectivity index (χ0n) is 10.2. The van der Waals surface area contributed by atoms with Crippen LogP contribution in [0.3, 0.4) is 0 Å². The van der Waals surface area contributed by atoms with E-state index in [1.54, 1.807) is 0 Å². The molecule has 0 aliphatic carbocycles. The van der Waals surface area contributed by atoms with Gasteiger partial charge in [-0.1, -0.05) is 0 Å². The fourth-order valence-corrected chi connectivity index (χ4v) is 3.08. The Kier molecular flexibility index (Phi) is 6.69. The van der Waals surface area contributed by atoms with Gasteiger partial charge in [0.1, 0.15) is 5.75 Å². The van der Waals surface area contributed by atoms with Crippen LogP contribution in [0.2, 0.25) is 0 Å². The SMILES string of the molecule is CC(N)Cc1cc(Br)c(OCCCC#N)c(Br)c1. The monoisotopic (exact) mass is 374 g/mol. The molecule has 0 heterocycles. The van der Waals surface area contributed by atoms with Gasteiger partial charge in [-0.3, -0.25) is 0 Å². The Bertz CT molecular complexity index is 418. The minimum absolute atomic E-state index is 0.131. The van der Waals surface area contributed by atoms with Crippen molar-refractivity contribution in [2.75, 3.05) is 6.61 Å². The Morgan fingerprint density at radius 2 is 2.00 bits per heavy atom. The Morgan fingerprint density at radius 3 is 2.50 bits per heavy atom. The summed E-state index contributed by atoms with van der Waals surface area (Å²) in [4.78, 5) is 0. The second-order valence-corrected chi connectivity index (χ2v) is 5.89. The van der Waals surface area contributed by atoms with Crippen molar-refractivity contribution in [3.63, 3.8) is 0 Å². The smallest absolute Gasteiger partial charge is 0.147 e. The number of rotatable bonds is 6. The number of nitrogens with two attached hydrogens (primary N) is 1. The van der Waals surface area contributed by atoms with Crippen LogP contribution in [0.25, 0.3) is 0 Å². The lowest BCUT2D eigenvalue weighted by atomic mass is 10.1. The molecule has 1 unspecified atom stereocenters. The van der Waals surface area contributed by atoms with Gasteiger partial charge in [0.2, 0.25) is 0 Å². The number of hydrogen-bond donors (Lipinski definition) is 1. The lowest BCUT2D eigenvalue weighted by Crippen LogP contribution is -2.17. The highest BCUT2D eigenvalue weighted by Crippen LogP contribution is 2.35. The molecule has 0 radical (unpaired) electrons. The van der Waals surface area contributed by atoms with E-state index in [1.165, 1.54) is 0 Å². The summed E-state index contributed by atoms with van der Waals surface area (Å²) < 4.78 is 7.47. The van der Waals surface area contributed by atoms with Crippen LogP contribution >= 0.6 is 31.9 Å². The molecule has 0 aromatic heterocycles. The van der Waals surface area contributed by atoms with Gasteiger partial charge < -0.3 is 10.5 Å². The maximum absolute atomic E-state index is 8.46. The third-order valence-electron chi connectivity index (χ3n) is 2.30. The van der Waals surface area contributed by atoms with Gasteiger partial charge in [0.25, 0.3) is 0 Å². The summed E-state index contributed by atoms with van der Waals surface area (Å²) in [5.41, 5.74) is 6.94. The molecule has 0 fully saturated rings. The summed E-state index contributed by atoms with van der Waals surface area (Å²) in [5.74, 6) is 0.779. The first-order valence-corrected chi connectivity index (χ1v) is 7.36. The molecular weight excluding hydrogens is 360 g/mol. The first-order chi connectivity index (χ1) is 8.54. The summed E-state index contributed by atoms with van der Waals surface area (Å²) in [6.45, 7) is 2.52. The number of nitrogens with zero attached hydrogens (tertiary/aromatic N) is 1. The van der Waals surface area contributed by atoms with Gasteiger partial charge in [0.05, 0.1) is 21.6 Å². The second kappa shape index (κ2) is 7.78. The summed E-state index contributed by atoms with van der Waals surface area (Å²) >= 11 is 6.99. The van der Waals surface area contributed by atoms with Crippen LogP contribution in [0.4, 0.5) is 0 Å². The molecule has 1 aromatic carbocycles. The minimum Gasteiger partial charge on any atom is -0.491 e. The molecule has 5 heteroatoms. The van der Waals surface area contributed by atoms with Crippen LogP contribution in [-0.2, 0) is 6.42 Å². The van der Waals surface area contributed by atoms with Crippen LogP contribution < -0.4 is 10.5 Å². The van der Waals surface area contributed by atoms with E-state index in [2.05, 4.69) is 37.9 Å². The second-order valence-electron chi connectivity index (χ2n) is 4.18. The standard InChI is InChI=1S/C13H16Br2N2O/c1-9(17)6-10-7-11(14)13(12(15)8-10)18-5-3-2-4-16/h7-9H,2-3,5-6,17H2,1H3. The van der Waals surface area contributed by atoms with E-state index >= 15 is 0 Å².